The average Bonchev–Trinajstić information content (AvgIpc) is 2.64. The highest BCUT2D eigenvalue weighted by molar-refractivity contribution is 9.11. The van der Waals surface area contributed by atoms with Gasteiger partial charge in [0.25, 0.3) is 0 Å². The predicted molar refractivity (Wildman–Crippen MR) is 72.6 cm³/mol. The lowest BCUT2D eigenvalue weighted by atomic mass is 9.91. The van der Waals surface area contributed by atoms with E-state index in [2.05, 4.69) is 39.4 Å². The Morgan fingerprint density at radius 2 is 2.19 bits per heavy atom. The molecule has 0 aliphatic carbocycles. The van der Waals surface area contributed by atoms with Crippen LogP contribution in [0.15, 0.2) is 15.9 Å². The Bertz CT molecular complexity index is 365. The SMILES string of the molecule is CC(C)(C#N)CCNCCc1ccc(Br)s1. The minimum absolute atomic E-state index is 0.209. The van der Waals surface area contributed by atoms with E-state index in [1.165, 1.54) is 8.66 Å². The molecule has 4 heteroatoms. The number of hydrogen-bond donors (Lipinski definition) is 1. The first-order valence-electron chi connectivity index (χ1n) is 5.40. The number of nitrogens with one attached hydrogen (secondary N) is 1. The third kappa shape index (κ3) is 5.11. The summed E-state index contributed by atoms with van der Waals surface area (Å²) < 4.78 is 1.19. The van der Waals surface area contributed by atoms with Crippen molar-refractivity contribution >= 4 is 27.3 Å². The van der Waals surface area contributed by atoms with Gasteiger partial charge in [-0.1, -0.05) is 0 Å². The second kappa shape index (κ2) is 6.39. The van der Waals surface area contributed by atoms with Gasteiger partial charge in [-0.2, -0.15) is 5.26 Å². The van der Waals surface area contributed by atoms with Crippen molar-refractivity contribution in [2.45, 2.75) is 26.7 Å². The van der Waals surface area contributed by atoms with Gasteiger partial charge in [0.1, 0.15) is 0 Å². The minimum atomic E-state index is -0.209. The Kier molecular flexibility index (Phi) is 5.47. The molecule has 0 aromatic carbocycles. The van der Waals surface area contributed by atoms with Crippen molar-refractivity contribution in [3.05, 3.63) is 20.8 Å². The van der Waals surface area contributed by atoms with Gasteiger partial charge in [-0.05, 0) is 67.8 Å². The average molecular weight is 301 g/mol. The zero-order chi connectivity index (χ0) is 12.0. The number of nitrogens with zero attached hydrogens (tertiary/aromatic N) is 1. The highest BCUT2D eigenvalue weighted by Crippen LogP contribution is 2.22. The van der Waals surface area contributed by atoms with Crippen molar-refractivity contribution in [1.82, 2.24) is 5.32 Å². The minimum Gasteiger partial charge on any atom is -0.316 e. The Hall–Kier alpha value is -0.370. The number of thiophene rings is 1. The van der Waals surface area contributed by atoms with Crippen LogP contribution in [0.2, 0.25) is 0 Å². The standard InChI is InChI=1S/C12H17BrN2S/c1-12(2,9-14)6-8-15-7-5-10-3-4-11(13)16-10/h3-4,15H,5-8H2,1-2H3. The van der Waals surface area contributed by atoms with E-state index >= 15 is 0 Å². The smallest absolute Gasteiger partial charge is 0.0701 e. The first kappa shape index (κ1) is 13.7. The number of hydrogen-bond acceptors (Lipinski definition) is 3. The maximum absolute atomic E-state index is 8.85. The van der Waals surface area contributed by atoms with Crippen molar-refractivity contribution < 1.29 is 0 Å². The summed E-state index contributed by atoms with van der Waals surface area (Å²) >= 11 is 5.23. The van der Waals surface area contributed by atoms with Crippen molar-refractivity contribution in [2.24, 2.45) is 5.41 Å². The van der Waals surface area contributed by atoms with E-state index in [0.29, 0.717) is 0 Å². The van der Waals surface area contributed by atoms with Crippen LogP contribution in [0.5, 0.6) is 0 Å². The van der Waals surface area contributed by atoms with Crippen LogP contribution in [0.25, 0.3) is 0 Å². The van der Waals surface area contributed by atoms with E-state index in [4.69, 9.17) is 5.26 Å². The molecule has 1 heterocycles. The molecule has 0 aliphatic rings. The van der Waals surface area contributed by atoms with E-state index in [9.17, 15) is 0 Å². The molecule has 0 unspecified atom stereocenters. The fraction of sp³-hybridized carbons (Fsp3) is 0.583. The largest absolute Gasteiger partial charge is 0.316 e. The Balaban J connectivity index is 2.11. The first-order valence-corrected chi connectivity index (χ1v) is 7.01. The molecule has 0 radical (unpaired) electrons. The zero-order valence-corrected chi connectivity index (χ0v) is 12.1. The maximum atomic E-state index is 8.85. The predicted octanol–water partition coefficient (Wildman–Crippen LogP) is 3.58. The summed E-state index contributed by atoms with van der Waals surface area (Å²) in [6, 6.07) is 6.54. The molecule has 1 aromatic heterocycles. The second-order valence-electron chi connectivity index (χ2n) is 4.45. The quantitative estimate of drug-likeness (QED) is 0.815. The van der Waals surface area contributed by atoms with Gasteiger partial charge in [0.15, 0.2) is 0 Å². The van der Waals surface area contributed by atoms with Crippen molar-refractivity contribution in [3.63, 3.8) is 0 Å². The topological polar surface area (TPSA) is 35.8 Å². The van der Waals surface area contributed by atoms with Gasteiger partial charge in [0.2, 0.25) is 0 Å². The lowest BCUT2D eigenvalue weighted by molar-refractivity contribution is 0.434. The molecule has 0 saturated heterocycles. The lowest BCUT2D eigenvalue weighted by Gasteiger charge is -2.14. The fourth-order valence-electron chi connectivity index (χ4n) is 1.28. The Labute approximate surface area is 110 Å². The van der Waals surface area contributed by atoms with Crippen molar-refractivity contribution in [3.8, 4) is 6.07 Å². The van der Waals surface area contributed by atoms with Gasteiger partial charge in [-0.25, -0.2) is 0 Å². The molecule has 16 heavy (non-hydrogen) atoms. The van der Waals surface area contributed by atoms with Crippen molar-refractivity contribution in [2.75, 3.05) is 13.1 Å². The summed E-state index contributed by atoms with van der Waals surface area (Å²) in [6.45, 7) is 5.84. The monoisotopic (exact) mass is 300 g/mol. The third-order valence-corrected chi connectivity index (χ3v) is 4.09. The van der Waals surface area contributed by atoms with Crippen LogP contribution in [-0.4, -0.2) is 13.1 Å². The van der Waals surface area contributed by atoms with Gasteiger partial charge in [0, 0.05) is 4.88 Å². The van der Waals surface area contributed by atoms with E-state index in [0.717, 1.165) is 25.9 Å². The molecule has 1 aromatic rings. The maximum Gasteiger partial charge on any atom is 0.0701 e. The van der Waals surface area contributed by atoms with Gasteiger partial charge >= 0.3 is 0 Å². The molecule has 0 bridgehead atoms. The molecule has 0 atom stereocenters. The van der Waals surface area contributed by atoms with Crippen LogP contribution in [0, 0.1) is 16.7 Å². The van der Waals surface area contributed by atoms with Gasteiger partial charge in [0.05, 0.1) is 15.3 Å². The molecule has 2 nitrogen and oxygen atoms in total. The number of halogens is 1. The van der Waals surface area contributed by atoms with E-state index in [-0.39, 0.29) is 5.41 Å². The Morgan fingerprint density at radius 3 is 2.75 bits per heavy atom. The summed E-state index contributed by atoms with van der Waals surface area (Å²) in [5.74, 6) is 0. The number of nitriles is 1. The molecule has 1 rings (SSSR count). The summed E-state index contributed by atoms with van der Waals surface area (Å²) in [5, 5.41) is 12.2. The molecule has 0 aliphatic heterocycles. The molecular weight excluding hydrogens is 284 g/mol. The highest BCUT2D eigenvalue weighted by Gasteiger charge is 2.15. The summed E-state index contributed by atoms with van der Waals surface area (Å²) in [7, 11) is 0. The van der Waals surface area contributed by atoms with Crippen LogP contribution in [0.3, 0.4) is 0 Å². The molecular formula is C12H17BrN2S. The molecule has 0 fully saturated rings. The molecule has 0 amide bonds. The zero-order valence-electron chi connectivity index (χ0n) is 9.72. The molecule has 0 spiro atoms. The van der Waals surface area contributed by atoms with Crippen LogP contribution in [0.4, 0.5) is 0 Å². The fourth-order valence-corrected chi connectivity index (χ4v) is 2.76. The number of rotatable bonds is 6. The van der Waals surface area contributed by atoms with E-state index in [1.54, 1.807) is 11.3 Å². The van der Waals surface area contributed by atoms with Crippen molar-refractivity contribution in [1.29, 1.82) is 5.26 Å². The lowest BCUT2D eigenvalue weighted by Crippen LogP contribution is -2.23. The van der Waals surface area contributed by atoms with E-state index < -0.39 is 0 Å². The first-order chi connectivity index (χ1) is 7.53. The van der Waals surface area contributed by atoms with Gasteiger partial charge in [-0.15, -0.1) is 11.3 Å². The normalized spacial score (nSPS) is 11.4. The highest BCUT2D eigenvalue weighted by atomic mass is 79.9. The van der Waals surface area contributed by atoms with Crippen LogP contribution >= 0.6 is 27.3 Å². The summed E-state index contributed by atoms with van der Waals surface area (Å²) in [6.07, 6.45) is 1.96. The van der Waals surface area contributed by atoms with E-state index in [1.807, 2.05) is 13.8 Å². The Morgan fingerprint density at radius 1 is 1.44 bits per heavy atom. The van der Waals surface area contributed by atoms with Crippen LogP contribution in [-0.2, 0) is 6.42 Å². The van der Waals surface area contributed by atoms with Crippen LogP contribution < -0.4 is 5.32 Å². The van der Waals surface area contributed by atoms with Gasteiger partial charge < -0.3 is 5.32 Å². The summed E-state index contributed by atoms with van der Waals surface area (Å²) in [5.41, 5.74) is -0.209. The second-order valence-corrected chi connectivity index (χ2v) is 7.00. The van der Waals surface area contributed by atoms with Gasteiger partial charge in [-0.3, -0.25) is 0 Å². The molecule has 0 saturated carbocycles. The molecule has 1 N–H and O–H groups in total. The summed E-state index contributed by atoms with van der Waals surface area (Å²) in [4.78, 5) is 1.39. The molecule has 88 valence electrons. The third-order valence-electron chi connectivity index (χ3n) is 2.41. The van der Waals surface area contributed by atoms with Crippen LogP contribution in [0.1, 0.15) is 25.1 Å².